The van der Waals surface area contributed by atoms with Gasteiger partial charge in [0.25, 0.3) is 11.8 Å². The highest BCUT2D eigenvalue weighted by Gasteiger charge is 2.34. The third kappa shape index (κ3) is 4.89. The molecule has 0 aliphatic carbocycles. The molecule has 176 valence electrons. The number of carbonyl (C=O) groups excluding carboxylic acids is 2. The number of alkyl halides is 3. The number of pyridine rings is 1. The zero-order valence-electron chi connectivity index (χ0n) is 17.3. The fraction of sp³-hybridized carbons (Fsp3) is 0.143. The van der Waals surface area contributed by atoms with Gasteiger partial charge in [-0.3, -0.25) is 9.59 Å². The summed E-state index contributed by atoms with van der Waals surface area (Å²) in [5, 5.41) is 6.90. The molecule has 8 nitrogen and oxygen atoms in total. The van der Waals surface area contributed by atoms with Crippen LogP contribution in [0.1, 0.15) is 31.4 Å². The molecular weight excluding hydrogens is 539 g/mol. The summed E-state index contributed by atoms with van der Waals surface area (Å²) in [5.41, 5.74) is 4.49. The molecule has 1 aromatic carbocycles. The van der Waals surface area contributed by atoms with Crippen molar-refractivity contribution in [3.8, 4) is 5.75 Å². The van der Waals surface area contributed by atoms with Crippen molar-refractivity contribution in [1.82, 2.24) is 14.8 Å². The van der Waals surface area contributed by atoms with Crippen molar-refractivity contribution < 1.29 is 27.5 Å². The Bertz CT molecular complexity index is 1400. The lowest BCUT2D eigenvalue weighted by Crippen LogP contribution is -2.18. The molecule has 13 heteroatoms. The largest absolute Gasteiger partial charge is 0.471 e. The van der Waals surface area contributed by atoms with Crippen molar-refractivity contribution in [2.75, 3.05) is 5.32 Å². The van der Waals surface area contributed by atoms with Gasteiger partial charge in [-0.2, -0.15) is 18.3 Å². The average Bonchev–Trinajstić information content (AvgIpc) is 3.38. The van der Waals surface area contributed by atoms with E-state index in [2.05, 4.69) is 31.3 Å². The first-order valence-electron chi connectivity index (χ1n) is 9.57. The number of hydrogen-bond donors (Lipinski definition) is 2. The third-order valence-corrected chi connectivity index (χ3v) is 6.29. The van der Waals surface area contributed by atoms with Crippen LogP contribution in [0.3, 0.4) is 0 Å². The zero-order chi connectivity index (χ0) is 24.6. The first kappa shape index (κ1) is 23.7. The molecule has 0 bridgehead atoms. The van der Waals surface area contributed by atoms with Crippen LogP contribution in [0.25, 0.3) is 10.2 Å². The number of aromatic nitrogens is 3. The van der Waals surface area contributed by atoms with E-state index in [0.717, 1.165) is 10.5 Å². The van der Waals surface area contributed by atoms with E-state index in [1.54, 1.807) is 12.1 Å². The number of amides is 2. The number of carbonyl (C=O) groups is 2. The fourth-order valence-electron chi connectivity index (χ4n) is 3.12. The minimum atomic E-state index is -4.66. The molecule has 4 aromatic rings. The zero-order valence-corrected chi connectivity index (χ0v) is 19.7. The van der Waals surface area contributed by atoms with Crippen molar-refractivity contribution in [2.24, 2.45) is 5.73 Å². The summed E-state index contributed by atoms with van der Waals surface area (Å²) < 4.78 is 47.3. The lowest BCUT2D eigenvalue weighted by atomic mass is 10.1. The highest BCUT2D eigenvalue weighted by Crippen LogP contribution is 2.39. The van der Waals surface area contributed by atoms with Gasteiger partial charge in [0.15, 0.2) is 12.4 Å². The summed E-state index contributed by atoms with van der Waals surface area (Å²) >= 11 is 4.01. The van der Waals surface area contributed by atoms with Crippen LogP contribution in [0.4, 0.5) is 18.9 Å². The first-order chi connectivity index (χ1) is 16.0. The molecule has 0 aliphatic rings. The molecule has 0 spiro atoms. The number of nitrogens with zero attached hydrogens (tertiary/aromatic N) is 3. The monoisotopic (exact) mass is 553 g/mol. The Hall–Kier alpha value is -3.45. The molecule has 0 aliphatic heterocycles. The molecular formula is C21H15BrF3N5O3S. The lowest BCUT2D eigenvalue weighted by molar-refractivity contribution is -0.141. The molecule has 3 heterocycles. The second kappa shape index (κ2) is 9.06. The fourth-order valence-corrected chi connectivity index (χ4v) is 4.45. The minimum Gasteiger partial charge on any atom is -0.471 e. The Morgan fingerprint density at radius 2 is 1.94 bits per heavy atom. The van der Waals surface area contributed by atoms with Crippen LogP contribution in [0.15, 0.2) is 47.1 Å². The number of benzene rings is 1. The van der Waals surface area contributed by atoms with E-state index in [1.807, 2.05) is 12.1 Å². The topological polar surface area (TPSA) is 112 Å². The number of halogens is 4. The predicted molar refractivity (Wildman–Crippen MR) is 123 cm³/mol. The van der Waals surface area contributed by atoms with Crippen LogP contribution < -0.4 is 15.8 Å². The molecule has 0 saturated carbocycles. The van der Waals surface area contributed by atoms with E-state index < -0.39 is 23.7 Å². The number of nitrogens with one attached hydrogen (secondary N) is 1. The molecule has 2 amide bonds. The molecule has 0 atom stereocenters. The summed E-state index contributed by atoms with van der Waals surface area (Å²) in [4.78, 5) is 28.2. The van der Waals surface area contributed by atoms with E-state index in [1.165, 1.54) is 23.9 Å². The summed E-state index contributed by atoms with van der Waals surface area (Å²) in [6, 6.07) is 9.43. The highest BCUT2D eigenvalue weighted by molar-refractivity contribution is 9.10. The Kier molecular flexibility index (Phi) is 6.32. The van der Waals surface area contributed by atoms with E-state index in [4.69, 9.17) is 10.5 Å². The maximum absolute atomic E-state index is 13.1. The third-order valence-electron chi connectivity index (χ3n) is 4.66. The van der Waals surface area contributed by atoms with Crippen molar-refractivity contribution in [3.63, 3.8) is 0 Å². The van der Waals surface area contributed by atoms with Gasteiger partial charge in [0.2, 0.25) is 0 Å². The van der Waals surface area contributed by atoms with Crippen LogP contribution >= 0.6 is 27.3 Å². The van der Waals surface area contributed by atoms with Crippen molar-refractivity contribution in [1.29, 1.82) is 0 Å². The van der Waals surface area contributed by atoms with Crippen molar-refractivity contribution in [3.05, 3.63) is 68.9 Å². The van der Waals surface area contributed by atoms with Gasteiger partial charge in [-0.25, -0.2) is 9.67 Å². The number of ether oxygens (including phenoxy) is 1. The normalized spacial score (nSPS) is 11.6. The summed E-state index contributed by atoms with van der Waals surface area (Å²) in [6.07, 6.45) is -3.14. The predicted octanol–water partition coefficient (Wildman–Crippen LogP) is 4.97. The van der Waals surface area contributed by atoms with E-state index in [0.29, 0.717) is 17.1 Å². The van der Waals surface area contributed by atoms with Crippen LogP contribution in [0.2, 0.25) is 0 Å². The van der Waals surface area contributed by atoms with Crippen LogP contribution in [-0.4, -0.2) is 26.6 Å². The smallest absolute Gasteiger partial charge is 0.433 e. The SMILES string of the molecule is Cc1cc(C(F)(F)F)nc2sc(C(N)=O)c(NC(=O)c3ccn(COc4ccc(Br)cc4)n3)c12. The van der Waals surface area contributed by atoms with Gasteiger partial charge in [-0.05, 0) is 48.9 Å². The molecule has 0 radical (unpaired) electrons. The minimum absolute atomic E-state index is 0.00288. The molecule has 4 rings (SSSR count). The van der Waals surface area contributed by atoms with Crippen molar-refractivity contribution >= 4 is 55.0 Å². The maximum atomic E-state index is 13.1. The number of primary amides is 1. The van der Waals surface area contributed by atoms with Gasteiger partial charge < -0.3 is 15.8 Å². The van der Waals surface area contributed by atoms with Crippen LogP contribution in [-0.2, 0) is 12.9 Å². The highest BCUT2D eigenvalue weighted by atomic mass is 79.9. The summed E-state index contributed by atoms with van der Waals surface area (Å²) in [5.74, 6) is -0.981. The summed E-state index contributed by atoms with van der Waals surface area (Å²) in [6.45, 7) is 1.46. The Labute approximate surface area is 202 Å². The molecule has 34 heavy (non-hydrogen) atoms. The Morgan fingerprint density at radius 3 is 2.59 bits per heavy atom. The van der Waals surface area contributed by atoms with Gasteiger partial charge in [-0.15, -0.1) is 11.3 Å². The van der Waals surface area contributed by atoms with Gasteiger partial charge in [-0.1, -0.05) is 15.9 Å². The second-order valence-corrected chi connectivity index (χ2v) is 9.01. The number of aryl methyl sites for hydroxylation is 1. The average molecular weight is 554 g/mol. The lowest BCUT2D eigenvalue weighted by Gasteiger charge is -2.09. The number of rotatable bonds is 6. The number of hydrogen-bond acceptors (Lipinski definition) is 6. The molecule has 3 N–H and O–H groups in total. The number of anilines is 1. The Balaban J connectivity index is 1.58. The number of thiophene rings is 1. The van der Waals surface area contributed by atoms with Gasteiger partial charge in [0.1, 0.15) is 21.2 Å². The van der Waals surface area contributed by atoms with Gasteiger partial charge >= 0.3 is 6.18 Å². The molecule has 3 aromatic heterocycles. The first-order valence-corrected chi connectivity index (χ1v) is 11.2. The molecule has 0 fully saturated rings. The standard InChI is InChI=1S/C21H15BrF3N5O3S/c1-10-8-14(21(23,24)25)27-20-15(10)16(17(34-20)18(26)31)28-19(32)13-6-7-30(29-13)9-33-12-4-2-11(22)3-5-12/h2-8H,9H2,1H3,(H2,26,31)(H,28,32). The van der Waals surface area contributed by atoms with Gasteiger partial charge in [0.05, 0.1) is 5.69 Å². The molecule has 0 saturated heterocycles. The van der Waals surface area contributed by atoms with E-state index >= 15 is 0 Å². The second-order valence-electron chi connectivity index (χ2n) is 7.09. The van der Waals surface area contributed by atoms with Gasteiger partial charge in [0, 0.05) is 16.1 Å². The Morgan fingerprint density at radius 1 is 1.24 bits per heavy atom. The van der Waals surface area contributed by atoms with Crippen LogP contribution in [0, 0.1) is 6.92 Å². The van der Waals surface area contributed by atoms with Crippen molar-refractivity contribution in [2.45, 2.75) is 19.8 Å². The van der Waals surface area contributed by atoms with E-state index in [9.17, 15) is 22.8 Å². The summed E-state index contributed by atoms with van der Waals surface area (Å²) in [7, 11) is 0. The molecule has 0 unspecified atom stereocenters. The quantitative estimate of drug-likeness (QED) is 0.350. The maximum Gasteiger partial charge on any atom is 0.433 e. The van der Waals surface area contributed by atoms with Crippen LogP contribution in [0.5, 0.6) is 5.75 Å². The number of nitrogens with two attached hydrogens (primary N) is 1. The number of fused-ring (bicyclic) bond motifs is 1. The van der Waals surface area contributed by atoms with E-state index in [-0.39, 0.29) is 38.8 Å².